The number of anilines is 1. The summed E-state index contributed by atoms with van der Waals surface area (Å²) < 4.78 is 13.7. The number of halogens is 1. The quantitative estimate of drug-likeness (QED) is 0.890. The first-order chi connectivity index (χ1) is 8.70. The van der Waals surface area contributed by atoms with Crippen LogP contribution in [-0.4, -0.2) is 20.1 Å². The molecule has 0 spiro atoms. The second kappa shape index (κ2) is 6.19. The second-order valence-corrected chi connectivity index (χ2v) is 5.45. The lowest BCUT2D eigenvalue weighted by molar-refractivity contribution is 0.283. The fourth-order valence-corrected chi connectivity index (χ4v) is 2.90. The number of hydrogen-bond donors (Lipinski definition) is 1. The van der Waals surface area contributed by atoms with Crippen molar-refractivity contribution < 1.29 is 4.39 Å². The molecule has 0 aromatic heterocycles. The Morgan fingerprint density at radius 3 is 2.39 bits per heavy atom. The molecule has 0 aliphatic heterocycles. The lowest BCUT2D eigenvalue weighted by Crippen LogP contribution is -2.30. The third kappa shape index (κ3) is 3.22. The van der Waals surface area contributed by atoms with Gasteiger partial charge in [0.25, 0.3) is 0 Å². The summed E-state index contributed by atoms with van der Waals surface area (Å²) in [4.78, 5) is 2.04. The molecule has 0 unspecified atom stereocenters. The smallest absolute Gasteiger partial charge is 0.146 e. The first-order valence-electron chi connectivity index (χ1n) is 6.86. The summed E-state index contributed by atoms with van der Waals surface area (Å²) in [6, 6.07) is 7.00. The number of nitrogens with zero attached hydrogens (tertiary/aromatic N) is 1. The van der Waals surface area contributed by atoms with Gasteiger partial charge in [0.2, 0.25) is 0 Å². The third-order valence-corrected chi connectivity index (χ3v) is 4.10. The first kappa shape index (κ1) is 13.3. The van der Waals surface area contributed by atoms with Crippen molar-refractivity contribution in [1.82, 2.24) is 0 Å². The third-order valence-electron chi connectivity index (χ3n) is 4.10. The normalized spacial score (nSPS) is 23.9. The molecule has 2 N–H and O–H groups in total. The van der Waals surface area contributed by atoms with Gasteiger partial charge in [0.1, 0.15) is 5.82 Å². The van der Waals surface area contributed by atoms with Crippen LogP contribution in [0.4, 0.5) is 10.1 Å². The fourth-order valence-electron chi connectivity index (χ4n) is 2.90. The average Bonchev–Trinajstić information content (AvgIpc) is 2.40. The van der Waals surface area contributed by atoms with E-state index >= 15 is 0 Å². The standard InChI is InChI=1S/C15H23FN2/c1-18(15-5-3-2-4-14(15)16)11-13-8-6-12(10-17)7-9-13/h2-5,12-13H,6-11,17H2,1H3. The Labute approximate surface area is 109 Å². The summed E-state index contributed by atoms with van der Waals surface area (Å²) in [7, 11) is 1.98. The molecule has 1 fully saturated rings. The van der Waals surface area contributed by atoms with Gasteiger partial charge in [-0.2, -0.15) is 0 Å². The Hall–Kier alpha value is -1.09. The largest absolute Gasteiger partial charge is 0.372 e. The van der Waals surface area contributed by atoms with Crippen molar-refractivity contribution in [2.24, 2.45) is 17.6 Å². The van der Waals surface area contributed by atoms with Crippen LogP contribution >= 0.6 is 0 Å². The van der Waals surface area contributed by atoms with Gasteiger partial charge in [-0.05, 0) is 56.2 Å². The molecular formula is C15H23FN2. The Morgan fingerprint density at radius 1 is 1.17 bits per heavy atom. The van der Waals surface area contributed by atoms with Crippen LogP contribution in [0, 0.1) is 17.7 Å². The molecule has 1 aliphatic rings. The Morgan fingerprint density at radius 2 is 1.78 bits per heavy atom. The van der Waals surface area contributed by atoms with Crippen LogP contribution in [0.25, 0.3) is 0 Å². The SMILES string of the molecule is CN(CC1CCC(CN)CC1)c1ccccc1F. The van der Waals surface area contributed by atoms with Crippen molar-refractivity contribution in [1.29, 1.82) is 0 Å². The lowest BCUT2D eigenvalue weighted by atomic mass is 9.82. The van der Waals surface area contributed by atoms with Gasteiger partial charge < -0.3 is 10.6 Å². The highest BCUT2D eigenvalue weighted by Gasteiger charge is 2.21. The number of para-hydroxylation sites is 1. The molecule has 0 amide bonds. The highest BCUT2D eigenvalue weighted by Crippen LogP contribution is 2.29. The predicted octanol–water partition coefficient (Wildman–Crippen LogP) is 3.03. The molecule has 0 saturated heterocycles. The van der Waals surface area contributed by atoms with Gasteiger partial charge in [-0.3, -0.25) is 0 Å². The van der Waals surface area contributed by atoms with Crippen LogP contribution in [0.1, 0.15) is 25.7 Å². The minimum Gasteiger partial charge on any atom is -0.372 e. The monoisotopic (exact) mass is 250 g/mol. The van der Waals surface area contributed by atoms with Crippen LogP contribution in [0.2, 0.25) is 0 Å². The van der Waals surface area contributed by atoms with Gasteiger partial charge in [0, 0.05) is 13.6 Å². The fraction of sp³-hybridized carbons (Fsp3) is 0.600. The van der Waals surface area contributed by atoms with Crippen molar-refractivity contribution in [2.45, 2.75) is 25.7 Å². The van der Waals surface area contributed by atoms with E-state index in [1.165, 1.54) is 31.7 Å². The molecule has 0 bridgehead atoms. The first-order valence-corrected chi connectivity index (χ1v) is 6.86. The molecule has 100 valence electrons. The van der Waals surface area contributed by atoms with E-state index in [0.29, 0.717) is 17.5 Å². The van der Waals surface area contributed by atoms with E-state index in [2.05, 4.69) is 0 Å². The van der Waals surface area contributed by atoms with E-state index < -0.39 is 0 Å². The molecule has 0 radical (unpaired) electrons. The van der Waals surface area contributed by atoms with Gasteiger partial charge in [-0.1, -0.05) is 12.1 Å². The molecule has 2 rings (SSSR count). The van der Waals surface area contributed by atoms with Crippen molar-refractivity contribution in [3.05, 3.63) is 30.1 Å². The summed E-state index contributed by atoms with van der Waals surface area (Å²) in [5.74, 6) is 1.26. The second-order valence-electron chi connectivity index (χ2n) is 5.45. The molecule has 1 aromatic carbocycles. The highest BCUT2D eigenvalue weighted by atomic mass is 19.1. The zero-order valence-corrected chi connectivity index (χ0v) is 11.1. The molecular weight excluding hydrogens is 227 g/mol. The summed E-state index contributed by atoms with van der Waals surface area (Å²) in [5, 5.41) is 0. The van der Waals surface area contributed by atoms with Crippen LogP contribution in [-0.2, 0) is 0 Å². The predicted molar refractivity (Wildman–Crippen MR) is 74.2 cm³/mol. The van der Waals surface area contributed by atoms with Gasteiger partial charge >= 0.3 is 0 Å². The molecule has 1 saturated carbocycles. The van der Waals surface area contributed by atoms with E-state index in [-0.39, 0.29) is 5.82 Å². The van der Waals surface area contributed by atoms with Crippen LogP contribution < -0.4 is 10.6 Å². The van der Waals surface area contributed by atoms with Crippen LogP contribution in [0.15, 0.2) is 24.3 Å². The van der Waals surface area contributed by atoms with E-state index in [9.17, 15) is 4.39 Å². The van der Waals surface area contributed by atoms with Crippen molar-refractivity contribution in [2.75, 3.05) is 25.0 Å². The maximum atomic E-state index is 13.7. The summed E-state index contributed by atoms with van der Waals surface area (Å²) >= 11 is 0. The molecule has 0 atom stereocenters. The summed E-state index contributed by atoms with van der Waals surface area (Å²) in [6.45, 7) is 1.76. The van der Waals surface area contributed by atoms with E-state index in [1.807, 2.05) is 24.1 Å². The zero-order valence-electron chi connectivity index (χ0n) is 11.1. The molecule has 1 aliphatic carbocycles. The van der Waals surface area contributed by atoms with Gasteiger partial charge in [0.15, 0.2) is 0 Å². The lowest BCUT2D eigenvalue weighted by Gasteiger charge is -2.31. The van der Waals surface area contributed by atoms with E-state index in [4.69, 9.17) is 5.73 Å². The van der Waals surface area contributed by atoms with Crippen molar-refractivity contribution >= 4 is 5.69 Å². The van der Waals surface area contributed by atoms with Crippen molar-refractivity contribution in [3.63, 3.8) is 0 Å². The van der Waals surface area contributed by atoms with E-state index in [1.54, 1.807) is 6.07 Å². The molecule has 18 heavy (non-hydrogen) atoms. The summed E-state index contributed by atoms with van der Waals surface area (Å²) in [6.07, 6.45) is 4.90. The Kier molecular flexibility index (Phi) is 4.59. The topological polar surface area (TPSA) is 29.3 Å². The van der Waals surface area contributed by atoms with E-state index in [0.717, 1.165) is 13.1 Å². The van der Waals surface area contributed by atoms with Gasteiger partial charge in [-0.15, -0.1) is 0 Å². The average molecular weight is 250 g/mol. The number of benzene rings is 1. The van der Waals surface area contributed by atoms with Gasteiger partial charge in [0.05, 0.1) is 5.69 Å². The minimum atomic E-state index is -0.129. The maximum absolute atomic E-state index is 13.7. The number of hydrogen-bond acceptors (Lipinski definition) is 2. The highest BCUT2D eigenvalue weighted by molar-refractivity contribution is 5.46. The molecule has 3 heteroatoms. The van der Waals surface area contributed by atoms with Crippen LogP contribution in [0.3, 0.4) is 0 Å². The Bertz CT molecular complexity index is 373. The van der Waals surface area contributed by atoms with Gasteiger partial charge in [-0.25, -0.2) is 4.39 Å². The summed E-state index contributed by atoms with van der Waals surface area (Å²) in [5.41, 5.74) is 6.41. The maximum Gasteiger partial charge on any atom is 0.146 e. The minimum absolute atomic E-state index is 0.129. The van der Waals surface area contributed by atoms with Crippen LogP contribution in [0.5, 0.6) is 0 Å². The molecule has 1 aromatic rings. The number of nitrogens with two attached hydrogens (primary N) is 1. The number of rotatable bonds is 4. The molecule has 0 heterocycles. The molecule has 2 nitrogen and oxygen atoms in total. The Balaban J connectivity index is 1.89. The van der Waals surface area contributed by atoms with Crippen molar-refractivity contribution in [3.8, 4) is 0 Å². The zero-order chi connectivity index (χ0) is 13.0.